The molecule has 4 rings (SSSR count). The van der Waals surface area contributed by atoms with Crippen molar-refractivity contribution in [2.75, 3.05) is 32.0 Å². The topological polar surface area (TPSA) is 123 Å². The van der Waals surface area contributed by atoms with Gasteiger partial charge in [-0.1, -0.05) is 36.4 Å². The van der Waals surface area contributed by atoms with E-state index < -0.39 is 41.0 Å². The molecule has 0 heterocycles. The molecule has 3 aromatic rings. The molecule has 0 bridgehead atoms. The van der Waals surface area contributed by atoms with Crippen LogP contribution in [0.2, 0.25) is 0 Å². The van der Waals surface area contributed by atoms with Crippen molar-refractivity contribution in [3.63, 3.8) is 0 Å². The number of Topliss-reactive ketones (excluding diaryl/α,β-unsaturated/α-hetero) is 1. The minimum absolute atomic E-state index is 0.381. The van der Waals surface area contributed by atoms with Crippen LogP contribution in [0.1, 0.15) is 24.8 Å². The average Bonchev–Trinajstić information content (AvgIpc) is 2.92. The zero-order chi connectivity index (χ0) is 28.2. The molecule has 0 aliphatic heterocycles. The summed E-state index contributed by atoms with van der Waals surface area (Å²) in [7, 11) is 4.49. The third-order valence-electron chi connectivity index (χ3n) is 7.06. The molecule has 9 nitrogen and oxygen atoms in total. The van der Waals surface area contributed by atoms with E-state index in [0.29, 0.717) is 34.2 Å². The molecule has 3 aromatic carbocycles. The first-order chi connectivity index (χ1) is 18.7. The van der Waals surface area contributed by atoms with Gasteiger partial charge in [-0.3, -0.25) is 14.4 Å². The molecule has 1 fully saturated rings. The van der Waals surface area contributed by atoms with Crippen molar-refractivity contribution in [3.8, 4) is 17.2 Å². The maximum atomic E-state index is 13.9. The smallest absolute Gasteiger partial charge is 0.235 e. The van der Waals surface area contributed by atoms with Crippen LogP contribution < -0.4 is 24.8 Å². The first-order valence-electron chi connectivity index (χ1n) is 12.5. The number of carbonyl (C=O) groups excluding carboxylic acids is 3. The minimum Gasteiger partial charge on any atom is -0.497 e. The number of carbonyl (C=O) groups is 3. The van der Waals surface area contributed by atoms with Gasteiger partial charge in [-0.2, -0.15) is 0 Å². The quantitative estimate of drug-likeness (QED) is 0.374. The van der Waals surface area contributed by atoms with Crippen LogP contribution in [-0.4, -0.2) is 49.6 Å². The predicted octanol–water partition coefficient (Wildman–Crippen LogP) is 4.03. The molecule has 2 amide bonds. The highest BCUT2D eigenvalue weighted by atomic mass is 16.5. The SMILES string of the molecule is COc1ccc([C@H]2[C@@H](C(=O)Nc3ccccc3OC)C(=O)C[C@](C)(O)[C@H]2C(=O)Nc2ccccc2OC)cc1. The molecule has 1 saturated carbocycles. The summed E-state index contributed by atoms with van der Waals surface area (Å²) in [6.07, 6.45) is -0.381. The molecular weight excluding hydrogens is 500 g/mol. The van der Waals surface area contributed by atoms with E-state index in [1.807, 2.05) is 0 Å². The van der Waals surface area contributed by atoms with Gasteiger partial charge >= 0.3 is 0 Å². The van der Waals surface area contributed by atoms with E-state index in [2.05, 4.69) is 10.6 Å². The number of methoxy groups -OCH3 is 3. The molecule has 39 heavy (non-hydrogen) atoms. The highest BCUT2D eigenvalue weighted by molar-refractivity contribution is 6.11. The van der Waals surface area contributed by atoms with E-state index in [1.165, 1.54) is 28.3 Å². The van der Waals surface area contributed by atoms with Crippen molar-refractivity contribution < 1.29 is 33.7 Å². The summed E-state index contributed by atoms with van der Waals surface area (Å²) < 4.78 is 16.0. The van der Waals surface area contributed by atoms with E-state index in [4.69, 9.17) is 14.2 Å². The number of amides is 2. The molecule has 1 aliphatic carbocycles. The fourth-order valence-electron chi connectivity index (χ4n) is 5.23. The van der Waals surface area contributed by atoms with Crippen LogP contribution in [0.4, 0.5) is 11.4 Å². The lowest BCUT2D eigenvalue weighted by Gasteiger charge is -2.44. The monoisotopic (exact) mass is 532 g/mol. The van der Waals surface area contributed by atoms with Crippen molar-refractivity contribution >= 4 is 29.0 Å². The van der Waals surface area contributed by atoms with E-state index in [9.17, 15) is 19.5 Å². The molecule has 3 N–H and O–H groups in total. The first kappa shape index (κ1) is 27.7. The van der Waals surface area contributed by atoms with Crippen LogP contribution >= 0.6 is 0 Å². The highest BCUT2D eigenvalue weighted by Gasteiger charge is 2.56. The highest BCUT2D eigenvalue weighted by Crippen LogP contribution is 2.47. The number of benzene rings is 3. The largest absolute Gasteiger partial charge is 0.497 e. The molecule has 9 heteroatoms. The van der Waals surface area contributed by atoms with Gasteiger partial charge in [-0.05, 0) is 48.9 Å². The molecule has 0 aromatic heterocycles. The number of hydrogen-bond donors (Lipinski definition) is 3. The molecule has 0 saturated heterocycles. The van der Waals surface area contributed by atoms with Gasteiger partial charge < -0.3 is 30.0 Å². The third kappa shape index (κ3) is 5.73. The van der Waals surface area contributed by atoms with Crippen molar-refractivity contribution in [2.45, 2.75) is 24.9 Å². The lowest BCUT2D eigenvalue weighted by atomic mass is 9.61. The zero-order valence-electron chi connectivity index (χ0n) is 22.3. The van der Waals surface area contributed by atoms with Gasteiger partial charge in [0.2, 0.25) is 11.8 Å². The van der Waals surface area contributed by atoms with Crippen LogP contribution in [0.5, 0.6) is 17.2 Å². The standard InChI is InChI=1S/C30H32N2O7/c1-30(36)17-22(33)26(28(34)31-20-9-5-7-11-23(20)38-3)25(18-13-15-19(37-2)16-14-18)27(30)29(35)32-21-10-6-8-12-24(21)39-4/h5-16,25-27,36H,17H2,1-4H3,(H,31,34)(H,32,35)/t25-,26-,27+,30-/m0/s1. The Morgan fingerprint density at radius 2 is 1.31 bits per heavy atom. The normalized spacial score (nSPS) is 22.5. The summed E-state index contributed by atoms with van der Waals surface area (Å²) in [5.41, 5.74) is -0.418. The Morgan fingerprint density at radius 3 is 1.82 bits per heavy atom. The van der Waals surface area contributed by atoms with Crippen molar-refractivity contribution in [1.82, 2.24) is 0 Å². The zero-order valence-corrected chi connectivity index (χ0v) is 22.3. The van der Waals surface area contributed by atoms with Gasteiger partial charge in [-0.25, -0.2) is 0 Å². The summed E-state index contributed by atoms with van der Waals surface area (Å²) in [6.45, 7) is 1.45. The van der Waals surface area contributed by atoms with Gasteiger partial charge in [0, 0.05) is 12.3 Å². The predicted molar refractivity (Wildman–Crippen MR) is 146 cm³/mol. The Bertz CT molecular complexity index is 1350. The molecule has 0 radical (unpaired) electrons. The summed E-state index contributed by atoms with van der Waals surface area (Å²) in [4.78, 5) is 41.1. The van der Waals surface area contributed by atoms with E-state index in [-0.39, 0.29) is 6.42 Å². The number of para-hydroxylation sites is 4. The lowest BCUT2D eigenvalue weighted by molar-refractivity contribution is -0.150. The van der Waals surface area contributed by atoms with Crippen molar-refractivity contribution in [1.29, 1.82) is 0 Å². The van der Waals surface area contributed by atoms with Crippen LogP contribution in [0.25, 0.3) is 0 Å². The Hall–Kier alpha value is -4.37. The Kier molecular flexibility index (Phi) is 8.21. The fraction of sp³-hybridized carbons (Fsp3) is 0.300. The van der Waals surface area contributed by atoms with Crippen molar-refractivity contribution in [3.05, 3.63) is 78.4 Å². The lowest BCUT2D eigenvalue weighted by Crippen LogP contribution is -2.56. The van der Waals surface area contributed by atoms with Crippen LogP contribution in [0, 0.1) is 11.8 Å². The van der Waals surface area contributed by atoms with Crippen LogP contribution in [0.3, 0.4) is 0 Å². The third-order valence-corrected chi connectivity index (χ3v) is 7.06. The molecule has 1 aliphatic rings. The van der Waals surface area contributed by atoms with Gasteiger partial charge in [0.25, 0.3) is 0 Å². The Balaban J connectivity index is 1.79. The summed E-state index contributed by atoms with van der Waals surface area (Å²) in [5, 5.41) is 17.1. The number of ketones is 1. The van der Waals surface area contributed by atoms with E-state index in [0.717, 1.165) is 0 Å². The van der Waals surface area contributed by atoms with Gasteiger partial charge in [-0.15, -0.1) is 0 Å². The van der Waals surface area contributed by atoms with Gasteiger partial charge in [0.1, 0.15) is 28.9 Å². The van der Waals surface area contributed by atoms with E-state index >= 15 is 0 Å². The van der Waals surface area contributed by atoms with Gasteiger partial charge in [0.05, 0.1) is 44.2 Å². The second-order valence-corrected chi connectivity index (χ2v) is 9.63. The van der Waals surface area contributed by atoms with E-state index in [1.54, 1.807) is 72.8 Å². The summed E-state index contributed by atoms with van der Waals surface area (Å²) >= 11 is 0. The minimum atomic E-state index is -1.74. The maximum absolute atomic E-state index is 13.9. The average molecular weight is 533 g/mol. The summed E-state index contributed by atoms with van der Waals surface area (Å²) in [5.74, 6) is -3.62. The maximum Gasteiger partial charge on any atom is 0.235 e. The van der Waals surface area contributed by atoms with Crippen LogP contribution in [0.15, 0.2) is 72.8 Å². The molecular formula is C30H32N2O7. The molecule has 204 valence electrons. The van der Waals surface area contributed by atoms with Crippen molar-refractivity contribution in [2.24, 2.45) is 11.8 Å². The number of ether oxygens (including phenoxy) is 3. The summed E-state index contributed by atoms with van der Waals surface area (Å²) in [6, 6.07) is 20.5. The Labute approximate surface area is 227 Å². The molecule has 0 spiro atoms. The first-order valence-corrected chi connectivity index (χ1v) is 12.5. The number of nitrogens with one attached hydrogen (secondary N) is 2. The van der Waals surface area contributed by atoms with Gasteiger partial charge in [0.15, 0.2) is 0 Å². The number of anilines is 2. The second-order valence-electron chi connectivity index (χ2n) is 9.63. The number of hydrogen-bond acceptors (Lipinski definition) is 7. The number of rotatable bonds is 8. The number of aliphatic hydroxyl groups is 1. The molecule has 0 unspecified atom stereocenters. The Morgan fingerprint density at radius 1 is 0.795 bits per heavy atom. The fourth-order valence-corrected chi connectivity index (χ4v) is 5.23. The second kappa shape index (κ2) is 11.6. The molecule has 4 atom stereocenters. The van der Waals surface area contributed by atoms with Crippen LogP contribution in [-0.2, 0) is 14.4 Å².